The first kappa shape index (κ1) is 24.1. The van der Waals surface area contributed by atoms with Crippen LogP contribution in [0.5, 0.6) is 0 Å². The van der Waals surface area contributed by atoms with Gasteiger partial charge in [0.25, 0.3) is 0 Å². The fourth-order valence-electron chi connectivity index (χ4n) is 1.84. The molecular weight excluding hydrogens is 352 g/mol. The second kappa shape index (κ2) is 9.14. The summed E-state index contributed by atoms with van der Waals surface area (Å²) in [4.78, 5) is 37.6. The van der Waals surface area contributed by atoms with Gasteiger partial charge in [0, 0.05) is 5.92 Å². The molecule has 0 bridgehead atoms. The molecule has 0 aromatic rings. The van der Waals surface area contributed by atoms with Crippen LogP contribution in [0.1, 0.15) is 55.4 Å². The van der Waals surface area contributed by atoms with Gasteiger partial charge in [0.05, 0.1) is 6.61 Å². The Morgan fingerprint density at radius 3 is 1.58 bits per heavy atom. The molecule has 2 atom stereocenters. The number of hydrogen-bond acceptors (Lipinski definition) is 6. The van der Waals surface area contributed by atoms with Gasteiger partial charge in [-0.15, -0.1) is 0 Å². The molecule has 152 valence electrons. The number of halogens is 2. The second-order valence-corrected chi connectivity index (χ2v) is 7.72. The molecule has 0 heterocycles. The summed E-state index contributed by atoms with van der Waals surface area (Å²) < 4.78 is 41.6. The Morgan fingerprint density at radius 1 is 0.923 bits per heavy atom. The molecule has 0 radical (unpaired) electrons. The Kier molecular flexibility index (Phi) is 8.46. The number of nitrogens with zero attached hydrogens (tertiary/aromatic N) is 1. The van der Waals surface area contributed by atoms with Crippen LogP contribution >= 0.6 is 0 Å². The lowest BCUT2D eigenvalue weighted by atomic mass is 10.0. The molecule has 0 rings (SSSR count). The van der Waals surface area contributed by atoms with Crippen molar-refractivity contribution in [1.82, 2.24) is 4.90 Å². The minimum absolute atomic E-state index is 0.109. The van der Waals surface area contributed by atoms with Crippen LogP contribution in [0.2, 0.25) is 0 Å². The van der Waals surface area contributed by atoms with Crippen LogP contribution in [0.15, 0.2) is 0 Å². The lowest BCUT2D eigenvalue weighted by Crippen LogP contribution is -2.56. The summed E-state index contributed by atoms with van der Waals surface area (Å²) >= 11 is 0. The van der Waals surface area contributed by atoms with Gasteiger partial charge < -0.3 is 14.2 Å². The number of amides is 2. The number of hydrogen-bond donors (Lipinski definition) is 0. The van der Waals surface area contributed by atoms with E-state index < -0.39 is 47.7 Å². The van der Waals surface area contributed by atoms with Crippen molar-refractivity contribution < 1.29 is 37.4 Å². The van der Waals surface area contributed by atoms with E-state index in [0.717, 1.165) is 6.92 Å². The Hall–Kier alpha value is -1.93. The molecule has 7 nitrogen and oxygen atoms in total. The average Bonchev–Trinajstić information content (AvgIpc) is 2.39. The lowest BCUT2D eigenvalue weighted by molar-refractivity contribution is -0.153. The van der Waals surface area contributed by atoms with Gasteiger partial charge in [0.1, 0.15) is 11.2 Å². The molecule has 9 heteroatoms. The number of esters is 1. The summed E-state index contributed by atoms with van der Waals surface area (Å²) in [5.74, 6) is -2.83. The van der Waals surface area contributed by atoms with Crippen molar-refractivity contribution in [3.63, 3.8) is 0 Å². The minimum Gasteiger partial charge on any atom is -0.464 e. The maximum absolute atomic E-state index is 13.3. The number of rotatable bonds is 5. The van der Waals surface area contributed by atoms with E-state index in [4.69, 9.17) is 14.2 Å². The van der Waals surface area contributed by atoms with Crippen LogP contribution in [0.25, 0.3) is 0 Å². The van der Waals surface area contributed by atoms with E-state index in [9.17, 15) is 23.2 Å². The molecule has 0 aliphatic heterocycles. The van der Waals surface area contributed by atoms with Crippen LogP contribution in [0.4, 0.5) is 18.4 Å². The highest BCUT2D eigenvalue weighted by molar-refractivity contribution is 5.94. The van der Waals surface area contributed by atoms with Gasteiger partial charge in [0.2, 0.25) is 6.43 Å². The smallest absolute Gasteiger partial charge is 0.420 e. The van der Waals surface area contributed by atoms with Gasteiger partial charge in [-0.1, -0.05) is 6.92 Å². The number of imide groups is 1. The van der Waals surface area contributed by atoms with E-state index in [-0.39, 0.29) is 11.5 Å². The van der Waals surface area contributed by atoms with E-state index >= 15 is 0 Å². The molecule has 0 N–H and O–H groups in total. The van der Waals surface area contributed by atoms with Gasteiger partial charge in [-0.2, -0.15) is 4.90 Å². The molecular formula is C17H29F2NO6. The van der Waals surface area contributed by atoms with Crippen molar-refractivity contribution in [2.75, 3.05) is 6.61 Å². The maximum atomic E-state index is 13.3. The summed E-state index contributed by atoms with van der Waals surface area (Å²) in [5, 5.41) is 0. The molecule has 0 aliphatic rings. The molecule has 0 aromatic heterocycles. The zero-order valence-corrected chi connectivity index (χ0v) is 16.6. The fourth-order valence-corrected chi connectivity index (χ4v) is 1.84. The van der Waals surface area contributed by atoms with E-state index in [1.165, 1.54) is 48.5 Å². The zero-order valence-electron chi connectivity index (χ0n) is 16.6. The number of ether oxygens (including phenoxy) is 3. The highest BCUT2D eigenvalue weighted by atomic mass is 19.3. The molecule has 0 aliphatic carbocycles. The van der Waals surface area contributed by atoms with Gasteiger partial charge in [-0.25, -0.2) is 23.2 Å². The Bertz CT molecular complexity index is 482. The monoisotopic (exact) mass is 381 g/mol. The van der Waals surface area contributed by atoms with E-state index in [2.05, 4.69) is 0 Å². The molecule has 26 heavy (non-hydrogen) atoms. The fraction of sp³-hybridized carbons (Fsp3) is 0.824. The Morgan fingerprint density at radius 2 is 1.31 bits per heavy atom. The Balaban J connectivity index is 6.04. The maximum Gasteiger partial charge on any atom is 0.420 e. The second-order valence-electron chi connectivity index (χ2n) is 7.72. The molecule has 0 saturated heterocycles. The summed E-state index contributed by atoms with van der Waals surface area (Å²) in [6, 6.07) is -1.89. The molecule has 2 amide bonds. The standard InChI is InChI=1S/C17H29F2NO6/c1-9-24-13(21)11(10(2)12(18)19)20(14(22)25-16(3,4)5)15(23)26-17(6,7)8/h10-12H,9H2,1-8H3. The van der Waals surface area contributed by atoms with Crippen LogP contribution in [-0.2, 0) is 19.0 Å². The van der Waals surface area contributed by atoms with Gasteiger partial charge in [0.15, 0.2) is 6.04 Å². The Labute approximate surface area is 152 Å². The van der Waals surface area contributed by atoms with Crippen LogP contribution < -0.4 is 0 Å². The zero-order chi connectivity index (χ0) is 20.9. The van der Waals surface area contributed by atoms with Crippen LogP contribution in [0, 0.1) is 5.92 Å². The third-order valence-corrected chi connectivity index (χ3v) is 2.88. The predicted molar refractivity (Wildman–Crippen MR) is 89.9 cm³/mol. The van der Waals surface area contributed by atoms with Crippen LogP contribution in [0.3, 0.4) is 0 Å². The van der Waals surface area contributed by atoms with Crippen molar-refractivity contribution in [2.45, 2.75) is 79.1 Å². The van der Waals surface area contributed by atoms with Crippen molar-refractivity contribution in [3.8, 4) is 0 Å². The largest absolute Gasteiger partial charge is 0.464 e. The van der Waals surface area contributed by atoms with Gasteiger partial charge >= 0.3 is 18.2 Å². The van der Waals surface area contributed by atoms with E-state index in [0.29, 0.717) is 0 Å². The topological polar surface area (TPSA) is 82.1 Å². The summed E-state index contributed by atoms with van der Waals surface area (Å²) in [6.45, 7) is 11.6. The summed E-state index contributed by atoms with van der Waals surface area (Å²) in [6.07, 6.45) is -5.52. The third-order valence-electron chi connectivity index (χ3n) is 2.88. The summed E-state index contributed by atoms with van der Waals surface area (Å²) in [7, 11) is 0. The van der Waals surface area contributed by atoms with Gasteiger partial charge in [-0.3, -0.25) is 0 Å². The van der Waals surface area contributed by atoms with E-state index in [1.807, 2.05) is 0 Å². The first-order valence-electron chi connectivity index (χ1n) is 8.30. The number of carbonyl (C=O) groups is 3. The number of carbonyl (C=O) groups excluding carboxylic acids is 3. The quantitative estimate of drug-likeness (QED) is 0.529. The highest BCUT2D eigenvalue weighted by Crippen LogP contribution is 2.25. The molecule has 0 fully saturated rings. The van der Waals surface area contributed by atoms with Crippen molar-refractivity contribution in [1.29, 1.82) is 0 Å². The van der Waals surface area contributed by atoms with Crippen molar-refractivity contribution in [3.05, 3.63) is 0 Å². The summed E-state index contributed by atoms with van der Waals surface area (Å²) in [5.41, 5.74) is -2.05. The third kappa shape index (κ3) is 7.97. The molecule has 2 unspecified atom stereocenters. The van der Waals surface area contributed by atoms with Crippen molar-refractivity contribution >= 4 is 18.2 Å². The lowest BCUT2D eigenvalue weighted by Gasteiger charge is -2.34. The number of alkyl halides is 2. The molecule has 0 aromatic carbocycles. The van der Waals surface area contributed by atoms with Crippen molar-refractivity contribution in [2.24, 2.45) is 5.92 Å². The predicted octanol–water partition coefficient (Wildman–Crippen LogP) is 3.99. The van der Waals surface area contributed by atoms with E-state index in [1.54, 1.807) is 0 Å². The first-order valence-corrected chi connectivity index (χ1v) is 8.30. The SMILES string of the molecule is CCOC(=O)C(C(C)C(F)F)N(C(=O)OC(C)(C)C)C(=O)OC(C)(C)C. The molecule has 0 spiro atoms. The normalized spacial score (nSPS) is 14.4. The molecule has 0 saturated carbocycles. The first-order chi connectivity index (χ1) is 11.6. The average molecular weight is 381 g/mol. The minimum atomic E-state index is -2.99. The van der Waals surface area contributed by atoms with Gasteiger partial charge in [-0.05, 0) is 48.5 Å². The van der Waals surface area contributed by atoms with Crippen LogP contribution in [-0.4, -0.2) is 53.3 Å². The highest BCUT2D eigenvalue weighted by Gasteiger charge is 2.46.